The number of anilines is 1. The van der Waals surface area contributed by atoms with Crippen molar-refractivity contribution in [2.24, 2.45) is 0 Å². The number of benzene rings is 1. The summed E-state index contributed by atoms with van der Waals surface area (Å²) >= 11 is 0. The summed E-state index contributed by atoms with van der Waals surface area (Å²) in [6.45, 7) is 3.04. The molecule has 0 radical (unpaired) electrons. The topological polar surface area (TPSA) is 81.3 Å². The van der Waals surface area contributed by atoms with Crippen LogP contribution in [0.3, 0.4) is 0 Å². The molecule has 0 saturated carbocycles. The van der Waals surface area contributed by atoms with Crippen LogP contribution in [0.25, 0.3) is 22.3 Å². The normalized spacial score (nSPS) is 10.8. The fourth-order valence-corrected chi connectivity index (χ4v) is 3.50. The Morgan fingerprint density at radius 3 is 2.61 bits per heavy atom. The van der Waals surface area contributed by atoms with E-state index in [1.54, 1.807) is 44.8 Å². The number of hydrogen-bond acceptors (Lipinski definition) is 5. The van der Waals surface area contributed by atoms with Gasteiger partial charge in [-0.05, 0) is 54.3 Å². The summed E-state index contributed by atoms with van der Waals surface area (Å²) in [6.07, 6.45) is 4.82. The molecule has 7 heteroatoms. The van der Waals surface area contributed by atoms with Crippen molar-refractivity contribution < 1.29 is 13.9 Å². The van der Waals surface area contributed by atoms with Gasteiger partial charge in [-0.1, -0.05) is 13.0 Å². The molecule has 0 atom stereocenters. The van der Waals surface area contributed by atoms with Gasteiger partial charge in [0.1, 0.15) is 11.6 Å². The average molecular weight is 423 g/mol. The number of nitrogen functional groups attached to an aromatic ring is 1. The van der Waals surface area contributed by atoms with Crippen LogP contribution in [0, 0.1) is 5.82 Å². The van der Waals surface area contributed by atoms with Gasteiger partial charge in [0, 0.05) is 56.5 Å². The Morgan fingerprint density at radius 1 is 1.16 bits per heavy atom. The van der Waals surface area contributed by atoms with Crippen molar-refractivity contribution in [2.45, 2.75) is 19.8 Å². The molecule has 3 aromatic rings. The van der Waals surface area contributed by atoms with E-state index >= 15 is 0 Å². The van der Waals surface area contributed by atoms with Crippen LogP contribution in [0.4, 0.5) is 10.2 Å². The number of methoxy groups -OCH3 is 1. The van der Waals surface area contributed by atoms with Gasteiger partial charge in [0.25, 0.3) is 5.91 Å². The number of rotatable bonds is 8. The number of halogens is 1. The number of ether oxygens (including phenoxy) is 1. The quantitative estimate of drug-likeness (QED) is 0.550. The van der Waals surface area contributed by atoms with E-state index in [-0.39, 0.29) is 11.5 Å². The van der Waals surface area contributed by atoms with E-state index in [0.717, 1.165) is 27.9 Å². The summed E-state index contributed by atoms with van der Waals surface area (Å²) in [5.74, 6) is -0.484. The highest BCUT2D eigenvalue weighted by atomic mass is 19.1. The van der Waals surface area contributed by atoms with Crippen LogP contribution in [-0.4, -0.2) is 48.1 Å². The van der Waals surface area contributed by atoms with Crippen molar-refractivity contribution in [1.82, 2.24) is 14.9 Å². The lowest BCUT2D eigenvalue weighted by Crippen LogP contribution is -2.29. The first kappa shape index (κ1) is 22.4. The lowest BCUT2D eigenvalue weighted by molar-refractivity contribution is 0.0775. The monoisotopic (exact) mass is 422 g/mol. The number of carbonyl (C=O) groups excluding carboxylic acids is 1. The smallest absolute Gasteiger partial charge is 0.256 e. The zero-order valence-corrected chi connectivity index (χ0v) is 18.1. The van der Waals surface area contributed by atoms with E-state index < -0.39 is 5.82 Å². The van der Waals surface area contributed by atoms with Crippen LogP contribution in [-0.2, 0) is 11.2 Å². The minimum absolute atomic E-state index is 0.0358. The molecule has 0 aliphatic carbocycles. The minimum Gasteiger partial charge on any atom is -0.385 e. The van der Waals surface area contributed by atoms with Crippen molar-refractivity contribution >= 4 is 11.7 Å². The molecule has 1 aromatic carbocycles. The van der Waals surface area contributed by atoms with E-state index in [4.69, 9.17) is 10.5 Å². The van der Waals surface area contributed by atoms with Crippen LogP contribution in [0.5, 0.6) is 0 Å². The predicted molar refractivity (Wildman–Crippen MR) is 120 cm³/mol. The summed E-state index contributed by atoms with van der Waals surface area (Å²) in [6, 6.07) is 10.1. The van der Waals surface area contributed by atoms with Crippen molar-refractivity contribution in [3.63, 3.8) is 0 Å². The fourth-order valence-electron chi connectivity index (χ4n) is 3.50. The zero-order valence-electron chi connectivity index (χ0n) is 18.1. The van der Waals surface area contributed by atoms with Crippen molar-refractivity contribution in [1.29, 1.82) is 0 Å². The summed E-state index contributed by atoms with van der Waals surface area (Å²) in [4.78, 5) is 23.1. The highest BCUT2D eigenvalue weighted by Crippen LogP contribution is 2.35. The van der Waals surface area contributed by atoms with E-state index in [9.17, 15) is 9.18 Å². The number of hydrogen-bond donors (Lipinski definition) is 1. The lowest BCUT2D eigenvalue weighted by atomic mass is 9.92. The maximum Gasteiger partial charge on any atom is 0.256 e. The molecule has 0 saturated heterocycles. The Hall–Kier alpha value is -3.32. The van der Waals surface area contributed by atoms with Crippen LogP contribution >= 0.6 is 0 Å². The van der Waals surface area contributed by atoms with Gasteiger partial charge in [0.2, 0.25) is 0 Å². The average Bonchev–Trinajstić information content (AvgIpc) is 2.79. The van der Waals surface area contributed by atoms with Gasteiger partial charge in [0.15, 0.2) is 0 Å². The zero-order chi connectivity index (χ0) is 22.4. The second-order valence-corrected chi connectivity index (χ2v) is 7.27. The molecule has 31 heavy (non-hydrogen) atoms. The van der Waals surface area contributed by atoms with Crippen LogP contribution in [0.2, 0.25) is 0 Å². The second kappa shape index (κ2) is 10.1. The fraction of sp³-hybridized carbons (Fsp3) is 0.292. The molecular weight excluding hydrogens is 395 g/mol. The molecule has 0 aliphatic heterocycles. The van der Waals surface area contributed by atoms with E-state index in [1.165, 1.54) is 11.0 Å². The molecule has 0 fully saturated rings. The van der Waals surface area contributed by atoms with Gasteiger partial charge in [-0.2, -0.15) is 0 Å². The van der Waals surface area contributed by atoms with E-state index in [2.05, 4.69) is 9.97 Å². The molecule has 0 unspecified atom stereocenters. The molecule has 0 spiro atoms. The predicted octanol–water partition coefficient (Wildman–Crippen LogP) is 4.20. The van der Waals surface area contributed by atoms with E-state index in [1.807, 2.05) is 19.1 Å². The van der Waals surface area contributed by atoms with Gasteiger partial charge >= 0.3 is 0 Å². The highest BCUT2D eigenvalue weighted by molar-refractivity contribution is 5.96. The Balaban J connectivity index is 2.05. The number of aryl methyl sites for hydroxylation is 1. The summed E-state index contributed by atoms with van der Waals surface area (Å²) < 4.78 is 19.6. The molecule has 1 amide bonds. The van der Waals surface area contributed by atoms with Crippen molar-refractivity contribution in [3.05, 3.63) is 65.9 Å². The number of nitrogens with two attached hydrogens (primary N) is 1. The third-order valence-corrected chi connectivity index (χ3v) is 5.14. The summed E-state index contributed by atoms with van der Waals surface area (Å²) in [5, 5.41) is 0. The molecule has 0 bridgehead atoms. The SMILES string of the molecule is CCc1nccc(-c2ccc(F)c(C(=O)N(C)CCCOC)c2)c1-c1ccc(N)nc1. The van der Waals surface area contributed by atoms with E-state index in [0.29, 0.717) is 31.8 Å². The standard InChI is InChI=1S/C24H27FN4O2/c1-4-21-23(17-7-9-22(26)28-15-17)18(10-11-27-21)16-6-8-20(25)19(14-16)24(30)29(2)12-5-13-31-3/h6-11,14-15H,4-5,12-13H2,1-3H3,(H2,26,28). The lowest BCUT2D eigenvalue weighted by Gasteiger charge is -2.19. The van der Waals surface area contributed by atoms with Gasteiger partial charge < -0.3 is 15.4 Å². The first-order valence-corrected chi connectivity index (χ1v) is 10.2. The first-order valence-electron chi connectivity index (χ1n) is 10.2. The number of carbonyl (C=O) groups is 1. The molecule has 3 rings (SSSR count). The molecule has 0 aliphatic rings. The van der Waals surface area contributed by atoms with Gasteiger partial charge in [-0.15, -0.1) is 0 Å². The Kier molecular flexibility index (Phi) is 7.31. The summed E-state index contributed by atoms with van der Waals surface area (Å²) in [5.41, 5.74) is 10.0. The maximum atomic E-state index is 14.6. The molecule has 2 aromatic heterocycles. The molecule has 162 valence electrons. The first-order chi connectivity index (χ1) is 15.0. The van der Waals surface area contributed by atoms with Crippen molar-refractivity contribution in [3.8, 4) is 22.3 Å². The number of amides is 1. The largest absolute Gasteiger partial charge is 0.385 e. The Morgan fingerprint density at radius 2 is 1.94 bits per heavy atom. The van der Waals surface area contributed by atoms with Gasteiger partial charge in [0.05, 0.1) is 5.56 Å². The van der Waals surface area contributed by atoms with Crippen LogP contribution in [0.15, 0.2) is 48.8 Å². The minimum atomic E-state index is -0.548. The number of nitrogens with zero attached hydrogens (tertiary/aromatic N) is 3. The molecule has 6 nitrogen and oxygen atoms in total. The van der Waals surface area contributed by atoms with Crippen molar-refractivity contribution in [2.75, 3.05) is 33.0 Å². The maximum absolute atomic E-state index is 14.6. The molecule has 2 heterocycles. The molecular formula is C24H27FN4O2. The highest BCUT2D eigenvalue weighted by Gasteiger charge is 2.19. The number of pyridine rings is 2. The summed E-state index contributed by atoms with van der Waals surface area (Å²) in [7, 11) is 3.27. The van der Waals surface area contributed by atoms with Crippen LogP contribution in [0.1, 0.15) is 29.4 Å². The third-order valence-electron chi connectivity index (χ3n) is 5.14. The van der Waals surface area contributed by atoms with Gasteiger partial charge in [-0.3, -0.25) is 9.78 Å². The van der Waals surface area contributed by atoms with Gasteiger partial charge in [-0.25, -0.2) is 9.37 Å². The Bertz CT molecular complexity index is 1050. The molecule has 2 N–H and O–H groups in total. The second-order valence-electron chi connectivity index (χ2n) is 7.27. The third kappa shape index (κ3) is 5.06. The Labute approximate surface area is 181 Å². The number of aromatic nitrogens is 2. The van der Waals surface area contributed by atoms with Crippen LogP contribution < -0.4 is 5.73 Å².